The summed E-state index contributed by atoms with van der Waals surface area (Å²) in [7, 11) is 1.56. The fraction of sp³-hybridized carbons (Fsp3) is 0.0645. The van der Waals surface area contributed by atoms with Crippen LogP contribution in [0.1, 0.15) is 11.1 Å². The fourth-order valence-electron chi connectivity index (χ4n) is 4.51. The van der Waals surface area contributed by atoms with Crippen molar-refractivity contribution in [2.24, 2.45) is 5.10 Å². The molecule has 4 aromatic carbocycles. The second kappa shape index (κ2) is 11.8. The quantitative estimate of drug-likeness (QED) is 0.0904. The molecular weight excluding hydrogens is 684 g/mol. The number of ether oxygens (including phenoxy) is 2. The van der Waals surface area contributed by atoms with Gasteiger partial charge in [-0.3, -0.25) is 14.9 Å². The van der Waals surface area contributed by atoms with Crippen LogP contribution in [-0.2, 0) is 6.61 Å². The average Bonchev–Trinajstić information content (AvgIpc) is 3.45. The number of nitro groups is 1. The third-order valence-electron chi connectivity index (χ3n) is 6.63. The third-order valence-corrected chi connectivity index (χ3v) is 7.86. The zero-order chi connectivity index (χ0) is 30.1. The maximum atomic E-state index is 13.7. The van der Waals surface area contributed by atoms with Gasteiger partial charge in [0.15, 0.2) is 5.76 Å². The van der Waals surface area contributed by atoms with Gasteiger partial charge in [-0.15, -0.1) is 0 Å². The van der Waals surface area contributed by atoms with Gasteiger partial charge in [-0.2, -0.15) is 9.78 Å². The molecule has 6 rings (SSSR count). The van der Waals surface area contributed by atoms with E-state index in [4.69, 9.17) is 18.9 Å². The molecule has 0 atom stereocenters. The second-order valence-electron chi connectivity index (χ2n) is 9.30. The van der Waals surface area contributed by atoms with Crippen molar-refractivity contribution in [3.05, 3.63) is 125 Å². The lowest BCUT2D eigenvalue weighted by atomic mass is 10.2. The molecule has 0 saturated carbocycles. The average molecular weight is 704 g/mol. The lowest BCUT2D eigenvalue weighted by Crippen LogP contribution is -2.20. The van der Waals surface area contributed by atoms with Crippen molar-refractivity contribution in [1.29, 1.82) is 0 Å². The highest BCUT2D eigenvalue weighted by molar-refractivity contribution is 9.11. The number of methoxy groups -OCH3 is 1. The van der Waals surface area contributed by atoms with Crippen LogP contribution in [0.5, 0.6) is 11.5 Å². The molecule has 0 spiro atoms. The lowest BCUT2D eigenvalue weighted by molar-refractivity contribution is -0.384. The van der Waals surface area contributed by atoms with Gasteiger partial charge in [-0.05, 0) is 48.5 Å². The molecule has 12 heteroatoms. The van der Waals surface area contributed by atoms with E-state index in [0.29, 0.717) is 38.9 Å². The second-order valence-corrected chi connectivity index (χ2v) is 11.1. The molecule has 0 unspecified atom stereocenters. The minimum Gasteiger partial charge on any atom is -0.496 e. The largest absolute Gasteiger partial charge is 0.496 e. The molecular formula is C31H20Br2N4O6. The van der Waals surface area contributed by atoms with Crippen molar-refractivity contribution >= 4 is 65.6 Å². The van der Waals surface area contributed by atoms with E-state index in [0.717, 1.165) is 19.2 Å². The summed E-state index contributed by atoms with van der Waals surface area (Å²) in [5.74, 6) is 1.36. The van der Waals surface area contributed by atoms with E-state index in [-0.39, 0.29) is 23.9 Å². The first-order valence-corrected chi connectivity index (χ1v) is 14.4. The molecule has 214 valence electrons. The van der Waals surface area contributed by atoms with Gasteiger partial charge in [0, 0.05) is 32.2 Å². The summed E-state index contributed by atoms with van der Waals surface area (Å²) in [6, 6.07) is 23.9. The summed E-state index contributed by atoms with van der Waals surface area (Å²) in [6.07, 6.45) is 1.34. The molecule has 2 heterocycles. The van der Waals surface area contributed by atoms with Crippen LogP contribution >= 0.6 is 31.9 Å². The highest BCUT2D eigenvalue weighted by Gasteiger charge is 2.19. The van der Waals surface area contributed by atoms with E-state index < -0.39 is 10.5 Å². The van der Waals surface area contributed by atoms with E-state index in [9.17, 15) is 14.9 Å². The molecule has 0 aliphatic rings. The van der Waals surface area contributed by atoms with Crippen molar-refractivity contribution in [2.75, 3.05) is 7.11 Å². The molecule has 0 bridgehead atoms. The van der Waals surface area contributed by atoms with Crippen molar-refractivity contribution in [3.8, 4) is 23.1 Å². The molecule has 0 radical (unpaired) electrons. The van der Waals surface area contributed by atoms with E-state index >= 15 is 0 Å². The summed E-state index contributed by atoms with van der Waals surface area (Å²) >= 11 is 6.95. The van der Waals surface area contributed by atoms with Crippen LogP contribution in [-0.4, -0.2) is 27.9 Å². The summed E-state index contributed by atoms with van der Waals surface area (Å²) in [5.41, 5.74) is 1.55. The first kappa shape index (κ1) is 28.3. The summed E-state index contributed by atoms with van der Waals surface area (Å²) in [5, 5.41) is 17.1. The number of para-hydroxylation sites is 1. The maximum absolute atomic E-state index is 13.7. The van der Waals surface area contributed by atoms with Crippen molar-refractivity contribution in [1.82, 2.24) is 9.66 Å². The smallest absolute Gasteiger partial charge is 0.282 e. The van der Waals surface area contributed by atoms with Crippen LogP contribution in [0, 0.1) is 10.1 Å². The topological polar surface area (TPSA) is 122 Å². The Morgan fingerprint density at radius 2 is 1.84 bits per heavy atom. The summed E-state index contributed by atoms with van der Waals surface area (Å²) < 4.78 is 20.4. The normalized spacial score (nSPS) is 11.4. The zero-order valence-electron chi connectivity index (χ0n) is 22.4. The Labute approximate surface area is 260 Å². The molecule has 0 aliphatic heterocycles. The van der Waals surface area contributed by atoms with Crippen LogP contribution in [0.4, 0.5) is 5.69 Å². The molecule has 0 fully saturated rings. The SMILES string of the molecule is COc1cccc2oc(-c3nc4ccccc4c(=O)n3N=Cc3cc([N+](=O)[O-])ccc3OCc3ccc(Br)cc3Br)cc12. The van der Waals surface area contributed by atoms with Crippen LogP contribution in [0.3, 0.4) is 0 Å². The molecule has 0 N–H and O–H groups in total. The number of fused-ring (bicyclic) bond motifs is 2. The number of aromatic nitrogens is 2. The van der Waals surface area contributed by atoms with Gasteiger partial charge in [0.05, 0.1) is 34.5 Å². The number of hydrogen-bond donors (Lipinski definition) is 0. The number of halogens is 2. The number of rotatable bonds is 8. The Balaban J connectivity index is 1.47. The van der Waals surface area contributed by atoms with Gasteiger partial charge in [0.25, 0.3) is 11.2 Å². The summed E-state index contributed by atoms with van der Waals surface area (Å²) in [4.78, 5) is 29.5. The molecule has 0 saturated heterocycles. The van der Waals surface area contributed by atoms with Crippen LogP contribution < -0.4 is 15.0 Å². The number of nitrogens with zero attached hydrogens (tertiary/aromatic N) is 4. The van der Waals surface area contributed by atoms with Gasteiger partial charge in [0.1, 0.15) is 23.7 Å². The fourth-order valence-corrected chi connectivity index (χ4v) is 5.67. The van der Waals surface area contributed by atoms with E-state index in [1.54, 1.807) is 55.6 Å². The predicted molar refractivity (Wildman–Crippen MR) is 170 cm³/mol. The van der Waals surface area contributed by atoms with Gasteiger partial charge >= 0.3 is 0 Å². The van der Waals surface area contributed by atoms with Crippen molar-refractivity contribution < 1.29 is 18.8 Å². The Bertz CT molecular complexity index is 2120. The Morgan fingerprint density at radius 1 is 1.00 bits per heavy atom. The lowest BCUT2D eigenvalue weighted by Gasteiger charge is -2.11. The van der Waals surface area contributed by atoms with Crippen LogP contribution in [0.25, 0.3) is 33.5 Å². The third kappa shape index (κ3) is 5.66. The molecule has 43 heavy (non-hydrogen) atoms. The molecule has 0 aliphatic carbocycles. The monoisotopic (exact) mass is 702 g/mol. The van der Waals surface area contributed by atoms with Gasteiger partial charge < -0.3 is 13.9 Å². The minimum absolute atomic E-state index is 0.143. The first-order valence-electron chi connectivity index (χ1n) is 12.8. The summed E-state index contributed by atoms with van der Waals surface area (Å²) in [6.45, 7) is 0.177. The Kier molecular flexibility index (Phi) is 7.78. The van der Waals surface area contributed by atoms with Crippen LogP contribution in [0.15, 0.2) is 108 Å². The highest BCUT2D eigenvalue weighted by atomic mass is 79.9. The number of hydrogen-bond acceptors (Lipinski definition) is 8. The molecule has 0 amide bonds. The maximum Gasteiger partial charge on any atom is 0.282 e. The predicted octanol–water partition coefficient (Wildman–Crippen LogP) is 7.71. The van der Waals surface area contributed by atoms with E-state index in [1.165, 1.54) is 24.4 Å². The number of nitro benzene ring substituents is 1. The minimum atomic E-state index is -0.511. The van der Waals surface area contributed by atoms with E-state index in [2.05, 4.69) is 37.0 Å². The van der Waals surface area contributed by atoms with Gasteiger partial charge in [-0.1, -0.05) is 56.1 Å². The zero-order valence-corrected chi connectivity index (χ0v) is 25.5. The number of benzene rings is 4. The van der Waals surface area contributed by atoms with E-state index in [1.807, 2.05) is 18.2 Å². The Morgan fingerprint density at radius 3 is 2.63 bits per heavy atom. The standard InChI is InChI=1S/C31H20Br2N4O6/c1-41-27-7-4-8-28-23(27)15-29(43-28)30-35-25-6-3-2-5-22(25)31(38)36(30)34-16-19-13-21(37(39)40)11-12-26(19)42-17-18-9-10-20(32)14-24(18)33/h2-16H,17H2,1H3. The van der Waals surface area contributed by atoms with Crippen molar-refractivity contribution in [2.45, 2.75) is 6.61 Å². The van der Waals surface area contributed by atoms with Crippen molar-refractivity contribution in [3.63, 3.8) is 0 Å². The Hall–Kier alpha value is -4.81. The highest BCUT2D eigenvalue weighted by Crippen LogP contribution is 2.33. The van der Waals surface area contributed by atoms with Crippen LogP contribution in [0.2, 0.25) is 0 Å². The molecule has 10 nitrogen and oxygen atoms in total. The number of non-ortho nitro benzene ring substituents is 1. The van der Waals surface area contributed by atoms with Gasteiger partial charge in [-0.25, -0.2) is 4.98 Å². The number of furan rings is 1. The van der Waals surface area contributed by atoms with Gasteiger partial charge in [0.2, 0.25) is 5.82 Å². The molecule has 6 aromatic rings. The first-order chi connectivity index (χ1) is 20.8. The molecule has 2 aromatic heterocycles.